The third-order valence-corrected chi connectivity index (χ3v) is 7.08. The molecule has 2 aromatic rings. The molecule has 192 valence electrons. The number of hydrogen-bond donors (Lipinski definition) is 1. The summed E-state index contributed by atoms with van der Waals surface area (Å²) < 4.78 is 9.19. The lowest BCUT2D eigenvalue weighted by atomic mass is 9.88. The van der Waals surface area contributed by atoms with Gasteiger partial charge < -0.3 is 14.9 Å². The first-order valence-electron chi connectivity index (χ1n) is 13.4. The summed E-state index contributed by atoms with van der Waals surface area (Å²) in [5.74, 6) is -1.09. The molecule has 4 rings (SSSR count). The predicted octanol–water partition coefficient (Wildman–Crippen LogP) is 4.54. The maximum atomic E-state index is 13.8. The van der Waals surface area contributed by atoms with Crippen LogP contribution < -0.4 is 14.7 Å². The molecule has 0 radical (unpaired) electrons. The minimum absolute atomic E-state index is 0.000711. The largest absolute Gasteiger partial charge is 0.478 e. The van der Waals surface area contributed by atoms with Crippen LogP contribution in [0.1, 0.15) is 39.0 Å². The number of carbonyl (C=O) groups is 2. The Hall–Kier alpha value is -3.32. The van der Waals surface area contributed by atoms with E-state index in [9.17, 15) is 11.0 Å². The highest BCUT2D eigenvalue weighted by Crippen LogP contribution is 2.29. The summed E-state index contributed by atoms with van der Waals surface area (Å²) in [6.07, 6.45) is 7.57. The Morgan fingerprint density at radius 1 is 1.00 bits per heavy atom. The lowest BCUT2D eigenvalue weighted by Gasteiger charge is -2.39. The SMILES string of the molecule is [2H]C(N1CCN(c2ccc(N(C)C)cc2)CC1)N(C(=O)C1CCCCC1)c1cccc(/C=C/C(=O)O)c1. The monoisotopic (exact) mass is 491 g/mol. The van der Waals surface area contributed by atoms with Gasteiger partial charge in [0, 0.05) is 69.3 Å². The van der Waals surface area contributed by atoms with Crippen LogP contribution in [0.25, 0.3) is 6.08 Å². The Labute approximate surface area is 216 Å². The number of nitrogens with zero attached hydrogens (tertiary/aromatic N) is 4. The number of piperazine rings is 1. The molecule has 1 unspecified atom stereocenters. The van der Waals surface area contributed by atoms with Crippen LogP contribution in [0.3, 0.4) is 0 Å². The van der Waals surface area contributed by atoms with E-state index in [0.717, 1.165) is 57.0 Å². The van der Waals surface area contributed by atoms with Gasteiger partial charge in [0.1, 0.15) is 0 Å². The van der Waals surface area contributed by atoms with Gasteiger partial charge in [-0.25, -0.2) is 4.79 Å². The van der Waals surface area contributed by atoms with E-state index in [1.54, 1.807) is 4.90 Å². The molecular formula is C29H38N4O3. The van der Waals surface area contributed by atoms with Gasteiger partial charge in [-0.1, -0.05) is 31.4 Å². The number of rotatable bonds is 8. The number of carbonyl (C=O) groups excluding carboxylic acids is 1. The Bertz CT molecular complexity index is 1090. The highest BCUT2D eigenvalue weighted by Gasteiger charge is 2.29. The fourth-order valence-electron chi connectivity index (χ4n) is 4.96. The molecule has 2 fully saturated rings. The van der Waals surface area contributed by atoms with Gasteiger partial charge in [0.05, 0.1) is 8.02 Å². The number of anilines is 3. The fourth-order valence-corrected chi connectivity index (χ4v) is 4.96. The van der Waals surface area contributed by atoms with Crippen LogP contribution >= 0.6 is 0 Å². The maximum absolute atomic E-state index is 13.8. The molecule has 1 atom stereocenters. The van der Waals surface area contributed by atoms with Crippen LogP contribution in [-0.2, 0) is 9.59 Å². The average molecular weight is 492 g/mol. The van der Waals surface area contributed by atoms with Crippen molar-refractivity contribution in [3.8, 4) is 0 Å². The van der Waals surface area contributed by atoms with Crippen molar-refractivity contribution in [1.82, 2.24) is 4.90 Å². The second-order valence-corrected chi connectivity index (χ2v) is 9.86. The number of hydrogen-bond acceptors (Lipinski definition) is 5. The van der Waals surface area contributed by atoms with Crippen LogP contribution in [-0.4, -0.2) is 68.8 Å². The second kappa shape index (κ2) is 12.1. The smallest absolute Gasteiger partial charge is 0.328 e. The zero-order valence-corrected chi connectivity index (χ0v) is 21.3. The van der Waals surface area contributed by atoms with E-state index in [0.29, 0.717) is 24.3 Å². The molecule has 1 aliphatic carbocycles. The summed E-state index contributed by atoms with van der Waals surface area (Å²) in [4.78, 5) is 32.9. The van der Waals surface area contributed by atoms with E-state index in [1.165, 1.54) is 11.8 Å². The van der Waals surface area contributed by atoms with Crippen molar-refractivity contribution < 1.29 is 16.1 Å². The summed E-state index contributed by atoms with van der Waals surface area (Å²) in [7, 11) is 4.06. The fraction of sp³-hybridized carbons (Fsp3) is 0.448. The third kappa shape index (κ3) is 6.66. The molecule has 1 saturated heterocycles. The van der Waals surface area contributed by atoms with E-state index in [-0.39, 0.29) is 11.8 Å². The first kappa shape index (κ1) is 24.4. The summed E-state index contributed by atoms with van der Waals surface area (Å²) in [5.41, 5.74) is 3.66. The molecule has 1 N–H and O–H groups in total. The Balaban J connectivity index is 1.52. The first-order valence-corrected chi connectivity index (χ1v) is 12.9. The van der Waals surface area contributed by atoms with E-state index >= 15 is 0 Å². The Morgan fingerprint density at radius 3 is 2.33 bits per heavy atom. The molecule has 1 saturated carbocycles. The number of amides is 1. The van der Waals surface area contributed by atoms with Gasteiger partial charge in [0.2, 0.25) is 5.91 Å². The topological polar surface area (TPSA) is 67.3 Å². The molecule has 0 bridgehead atoms. The van der Waals surface area contributed by atoms with E-state index in [2.05, 4.69) is 39.0 Å². The Morgan fingerprint density at radius 2 is 1.69 bits per heavy atom. The summed E-state index contributed by atoms with van der Waals surface area (Å²) in [6.45, 7) is 2.08. The Kier molecular flexibility index (Phi) is 8.18. The van der Waals surface area contributed by atoms with Crippen LogP contribution in [0.15, 0.2) is 54.6 Å². The first-order chi connectivity index (χ1) is 17.8. The predicted molar refractivity (Wildman–Crippen MR) is 147 cm³/mol. The molecule has 1 heterocycles. The van der Waals surface area contributed by atoms with Gasteiger partial charge in [-0.05, 0) is 60.9 Å². The van der Waals surface area contributed by atoms with Crippen LogP contribution in [0.2, 0.25) is 0 Å². The minimum Gasteiger partial charge on any atom is -0.478 e. The number of aliphatic carboxylic acids is 1. The molecule has 2 aromatic carbocycles. The highest BCUT2D eigenvalue weighted by atomic mass is 16.4. The summed E-state index contributed by atoms with van der Waals surface area (Å²) in [6, 6.07) is 15.8. The molecule has 7 heteroatoms. The number of carboxylic acid groups (broad SMARTS) is 1. The molecule has 0 spiro atoms. The zero-order valence-electron chi connectivity index (χ0n) is 22.3. The van der Waals surface area contributed by atoms with E-state index in [1.807, 2.05) is 38.4 Å². The van der Waals surface area contributed by atoms with Crippen LogP contribution in [0, 0.1) is 5.92 Å². The van der Waals surface area contributed by atoms with E-state index in [4.69, 9.17) is 5.11 Å². The van der Waals surface area contributed by atoms with Gasteiger partial charge in [-0.15, -0.1) is 0 Å². The van der Waals surface area contributed by atoms with Crippen LogP contribution in [0.5, 0.6) is 0 Å². The van der Waals surface area contributed by atoms with Crippen LogP contribution in [0.4, 0.5) is 17.1 Å². The van der Waals surface area contributed by atoms with Crippen molar-refractivity contribution in [2.45, 2.75) is 32.1 Å². The van der Waals surface area contributed by atoms with Crippen molar-refractivity contribution in [2.75, 3.05) is 61.6 Å². The molecule has 0 aromatic heterocycles. The van der Waals surface area contributed by atoms with Crippen molar-refractivity contribution in [3.05, 3.63) is 60.2 Å². The molecular weight excluding hydrogens is 452 g/mol. The quantitative estimate of drug-likeness (QED) is 0.547. The minimum atomic E-state index is -1.02. The number of benzene rings is 2. The second-order valence-electron chi connectivity index (χ2n) is 9.86. The molecule has 1 aliphatic heterocycles. The van der Waals surface area contributed by atoms with Crippen molar-refractivity contribution in [1.29, 1.82) is 0 Å². The van der Waals surface area contributed by atoms with Crippen molar-refractivity contribution >= 4 is 35.0 Å². The third-order valence-electron chi connectivity index (χ3n) is 7.08. The zero-order chi connectivity index (χ0) is 26.4. The molecule has 36 heavy (non-hydrogen) atoms. The van der Waals surface area contributed by atoms with Gasteiger partial charge in [-0.2, -0.15) is 0 Å². The summed E-state index contributed by atoms with van der Waals surface area (Å²) >= 11 is 0. The van der Waals surface area contributed by atoms with Gasteiger partial charge >= 0.3 is 5.97 Å². The van der Waals surface area contributed by atoms with Crippen molar-refractivity contribution in [2.24, 2.45) is 5.92 Å². The normalized spacial score (nSPS) is 18.6. The van der Waals surface area contributed by atoms with Crippen molar-refractivity contribution in [3.63, 3.8) is 0 Å². The molecule has 7 nitrogen and oxygen atoms in total. The lowest BCUT2D eigenvalue weighted by molar-refractivity contribution is -0.131. The molecule has 2 aliphatic rings. The van der Waals surface area contributed by atoms with Gasteiger partial charge in [-0.3, -0.25) is 14.6 Å². The molecule has 1 amide bonds. The average Bonchev–Trinajstić information content (AvgIpc) is 2.93. The van der Waals surface area contributed by atoms with E-state index < -0.39 is 12.6 Å². The summed E-state index contributed by atoms with van der Waals surface area (Å²) in [5, 5.41) is 9.02. The number of carboxylic acids is 1. The highest BCUT2D eigenvalue weighted by molar-refractivity contribution is 5.95. The van der Waals surface area contributed by atoms with Gasteiger partial charge in [0.15, 0.2) is 0 Å². The standard InChI is InChI=1S/C29H38N4O3/c1-30(2)25-12-14-26(15-13-25)32-19-17-31(18-20-32)22-33(29(36)24-8-4-3-5-9-24)27-10-6-7-23(21-27)11-16-28(34)35/h6-7,10-16,21,24H,3-5,8-9,17-20,22H2,1-2H3,(H,34,35)/b16-11+/i22D. The maximum Gasteiger partial charge on any atom is 0.328 e. The lowest BCUT2D eigenvalue weighted by Crippen LogP contribution is -2.52. The van der Waals surface area contributed by atoms with Gasteiger partial charge in [0.25, 0.3) is 0 Å².